The van der Waals surface area contributed by atoms with E-state index in [1.165, 1.54) is 4.90 Å². The molecule has 6 heteroatoms. The summed E-state index contributed by atoms with van der Waals surface area (Å²) in [6, 6.07) is 14.4. The summed E-state index contributed by atoms with van der Waals surface area (Å²) >= 11 is 3.34. The number of amides is 1. The Kier molecular flexibility index (Phi) is 7.28. The summed E-state index contributed by atoms with van der Waals surface area (Å²) < 4.78 is 12.0. The summed E-state index contributed by atoms with van der Waals surface area (Å²) in [7, 11) is 1.65. The van der Waals surface area contributed by atoms with Crippen LogP contribution in [0.2, 0.25) is 0 Å². The van der Waals surface area contributed by atoms with Gasteiger partial charge in [0.15, 0.2) is 11.5 Å². The normalized spacial score (nSPS) is 11.7. The van der Waals surface area contributed by atoms with Crippen molar-refractivity contribution < 1.29 is 19.4 Å². The van der Waals surface area contributed by atoms with Gasteiger partial charge in [-0.3, -0.25) is 4.79 Å². The van der Waals surface area contributed by atoms with Gasteiger partial charge in [-0.05, 0) is 43.3 Å². The van der Waals surface area contributed by atoms with Crippen molar-refractivity contribution in [3.05, 3.63) is 58.6 Å². The summed E-state index contributed by atoms with van der Waals surface area (Å²) in [5.41, 5.74) is 0.570. The predicted octanol–water partition coefficient (Wildman–Crippen LogP) is 3.36. The molecule has 1 atom stereocenters. The molecular formula is C19H22BrNO4. The lowest BCUT2D eigenvalue weighted by molar-refractivity contribution is 0.0558. The van der Waals surface area contributed by atoms with E-state index in [9.17, 15) is 9.90 Å². The molecule has 0 aromatic heterocycles. The lowest BCUT2D eigenvalue weighted by Crippen LogP contribution is -2.37. The highest BCUT2D eigenvalue weighted by atomic mass is 79.9. The molecule has 5 nitrogen and oxygen atoms in total. The van der Waals surface area contributed by atoms with Crippen LogP contribution in [0.4, 0.5) is 0 Å². The second-order valence-corrected chi connectivity index (χ2v) is 6.45. The standard InChI is InChI=1S/C19H22BrNO4/c1-3-24-17-6-4-5-7-18(17)25-13-16(22)12-21(2)19(23)14-8-10-15(20)11-9-14/h4-11,16,22H,3,12-13H2,1-2H3/t16-/m0/s1. The molecule has 2 aromatic rings. The highest BCUT2D eigenvalue weighted by Gasteiger charge is 2.16. The zero-order valence-corrected chi connectivity index (χ0v) is 15.9. The fraction of sp³-hybridized carbons (Fsp3) is 0.316. The fourth-order valence-corrected chi connectivity index (χ4v) is 2.56. The van der Waals surface area contributed by atoms with Crippen LogP contribution in [0.25, 0.3) is 0 Å². The summed E-state index contributed by atoms with van der Waals surface area (Å²) in [6.45, 7) is 2.68. The highest BCUT2D eigenvalue weighted by Crippen LogP contribution is 2.26. The number of carbonyl (C=O) groups excluding carboxylic acids is 1. The maximum Gasteiger partial charge on any atom is 0.253 e. The van der Waals surface area contributed by atoms with Gasteiger partial charge in [0.25, 0.3) is 5.91 Å². The molecule has 0 aliphatic rings. The SMILES string of the molecule is CCOc1ccccc1OC[C@@H](O)CN(C)C(=O)c1ccc(Br)cc1. The Morgan fingerprint density at radius 1 is 1.12 bits per heavy atom. The minimum atomic E-state index is -0.806. The minimum Gasteiger partial charge on any atom is -0.490 e. The number of likely N-dealkylation sites (N-methyl/N-ethyl adjacent to an activating group) is 1. The lowest BCUT2D eigenvalue weighted by Gasteiger charge is -2.21. The molecule has 0 heterocycles. The molecule has 0 saturated heterocycles. The Balaban J connectivity index is 1.88. The van der Waals surface area contributed by atoms with Crippen LogP contribution in [-0.4, -0.2) is 48.8 Å². The molecule has 25 heavy (non-hydrogen) atoms. The number of ether oxygens (including phenoxy) is 2. The Hall–Kier alpha value is -2.05. The molecule has 0 aliphatic carbocycles. The number of aliphatic hydroxyl groups is 1. The number of hydrogen-bond acceptors (Lipinski definition) is 4. The van der Waals surface area contributed by atoms with Crippen molar-refractivity contribution in [1.29, 1.82) is 0 Å². The van der Waals surface area contributed by atoms with E-state index in [2.05, 4.69) is 15.9 Å². The number of rotatable bonds is 8. The average molecular weight is 408 g/mol. The minimum absolute atomic E-state index is 0.0715. The monoisotopic (exact) mass is 407 g/mol. The molecule has 2 aromatic carbocycles. The number of halogens is 1. The first-order chi connectivity index (χ1) is 12.0. The van der Waals surface area contributed by atoms with Gasteiger partial charge < -0.3 is 19.5 Å². The molecule has 0 radical (unpaired) electrons. The van der Waals surface area contributed by atoms with Crippen LogP contribution < -0.4 is 9.47 Å². The number of benzene rings is 2. The molecule has 134 valence electrons. The fourth-order valence-electron chi connectivity index (χ4n) is 2.29. The van der Waals surface area contributed by atoms with E-state index in [0.29, 0.717) is 23.7 Å². The third-order valence-corrected chi connectivity index (χ3v) is 4.03. The van der Waals surface area contributed by atoms with Crippen molar-refractivity contribution in [3.8, 4) is 11.5 Å². The topological polar surface area (TPSA) is 59.0 Å². The first-order valence-corrected chi connectivity index (χ1v) is 8.84. The molecule has 0 unspecified atom stereocenters. The number of nitrogens with zero attached hydrogens (tertiary/aromatic N) is 1. The largest absolute Gasteiger partial charge is 0.490 e. The van der Waals surface area contributed by atoms with Crippen LogP contribution in [0.5, 0.6) is 11.5 Å². The van der Waals surface area contributed by atoms with Gasteiger partial charge in [-0.25, -0.2) is 0 Å². The summed E-state index contributed by atoms with van der Waals surface area (Å²) in [5, 5.41) is 10.2. The average Bonchev–Trinajstić information content (AvgIpc) is 2.61. The Morgan fingerprint density at radius 2 is 1.72 bits per heavy atom. The molecular weight excluding hydrogens is 386 g/mol. The van der Waals surface area contributed by atoms with Gasteiger partial charge in [0.2, 0.25) is 0 Å². The lowest BCUT2D eigenvalue weighted by atomic mass is 10.2. The maximum atomic E-state index is 12.3. The predicted molar refractivity (Wildman–Crippen MR) is 100 cm³/mol. The third-order valence-electron chi connectivity index (χ3n) is 3.50. The Morgan fingerprint density at radius 3 is 2.32 bits per heavy atom. The van der Waals surface area contributed by atoms with E-state index in [1.54, 1.807) is 25.2 Å². The first-order valence-electron chi connectivity index (χ1n) is 8.05. The number of aliphatic hydroxyl groups excluding tert-OH is 1. The van der Waals surface area contributed by atoms with Crippen molar-refractivity contribution >= 4 is 21.8 Å². The van der Waals surface area contributed by atoms with Crippen LogP contribution >= 0.6 is 15.9 Å². The van der Waals surface area contributed by atoms with Crippen molar-refractivity contribution in [2.45, 2.75) is 13.0 Å². The summed E-state index contributed by atoms with van der Waals surface area (Å²) in [6.07, 6.45) is -0.806. The van der Waals surface area contributed by atoms with Crippen LogP contribution in [0, 0.1) is 0 Å². The molecule has 0 bridgehead atoms. The zero-order valence-electron chi connectivity index (χ0n) is 14.3. The summed E-state index contributed by atoms with van der Waals surface area (Å²) in [5.74, 6) is 1.06. The molecule has 0 fully saturated rings. The van der Waals surface area contributed by atoms with Gasteiger partial charge in [-0.15, -0.1) is 0 Å². The van der Waals surface area contributed by atoms with Gasteiger partial charge in [-0.1, -0.05) is 28.1 Å². The molecule has 1 amide bonds. The van der Waals surface area contributed by atoms with Gasteiger partial charge in [0.1, 0.15) is 12.7 Å². The van der Waals surface area contributed by atoms with Gasteiger partial charge in [-0.2, -0.15) is 0 Å². The van der Waals surface area contributed by atoms with Crippen LogP contribution in [-0.2, 0) is 0 Å². The first kappa shape index (κ1) is 19.3. The van der Waals surface area contributed by atoms with Crippen molar-refractivity contribution in [3.63, 3.8) is 0 Å². The zero-order chi connectivity index (χ0) is 18.2. The number of carbonyl (C=O) groups is 1. The van der Waals surface area contributed by atoms with Gasteiger partial charge >= 0.3 is 0 Å². The van der Waals surface area contributed by atoms with E-state index in [1.807, 2.05) is 37.3 Å². The van der Waals surface area contributed by atoms with E-state index in [0.717, 1.165) is 4.47 Å². The van der Waals surface area contributed by atoms with E-state index < -0.39 is 6.10 Å². The van der Waals surface area contributed by atoms with Gasteiger partial charge in [0, 0.05) is 23.6 Å². The van der Waals surface area contributed by atoms with Crippen molar-refractivity contribution in [2.24, 2.45) is 0 Å². The van der Waals surface area contributed by atoms with E-state index in [4.69, 9.17) is 9.47 Å². The second-order valence-electron chi connectivity index (χ2n) is 5.54. The summed E-state index contributed by atoms with van der Waals surface area (Å²) in [4.78, 5) is 13.8. The number of para-hydroxylation sites is 2. The molecule has 0 spiro atoms. The molecule has 0 saturated carbocycles. The van der Waals surface area contributed by atoms with Crippen LogP contribution in [0.15, 0.2) is 53.0 Å². The van der Waals surface area contributed by atoms with Crippen molar-refractivity contribution in [2.75, 3.05) is 26.8 Å². The van der Waals surface area contributed by atoms with Crippen LogP contribution in [0.3, 0.4) is 0 Å². The Bertz CT molecular complexity index is 690. The van der Waals surface area contributed by atoms with E-state index in [-0.39, 0.29) is 19.1 Å². The smallest absolute Gasteiger partial charge is 0.253 e. The van der Waals surface area contributed by atoms with Crippen molar-refractivity contribution in [1.82, 2.24) is 4.90 Å². The Labute approximate surface area is 156 Å². The quantitative estimate of drug-likeness (QED) is 0.728. The van der Waals surface area contributed by atoms with Gasteiger partial charge in [0.05, 0.1) is 6.61 Å². The van der Waals surface area contributed by atoms with E-state index >= 15 is 0 Å². The molecule has 0 aliphatic heterocycles. The van der Waals surface area contributed by atoms with Crippen LogP contribution in [0.1, 0.15) is 17.3 Å². The third kappa shape index (κ3) is 5.76. The maximum absolute atomic E-state index is 12.3. The molecule has 1 N–H and O–H groups in total. The molecule has 2 rings (SSSR count). The second kappa shape index (κ2) is 9.44. The highest BCUT2D eigenvalue weighted by molar-refractivity contribution is 9.10. The number of hydrogen-bond donors (Lipinski definition) is 1.